The molecule has 0 aromatic heterocycles. The Morgan fingerprint density at radius 3 is 2.10 bits per heavy atom. The van der Waals surface area contributed by atoms with Crippen molar-refractivity contribution in [3.05, 3.63) is 71.3 Å². The SMILES string of the molecule is Cc1ccccc1[C@H](C)NCC(c1ccccc1)C(C)C. The number of rotatable bonds is 6. The fraction of sp³-hybridized carbons (Fsp3) is 0.400. The molecule has 21 heavy (non-hydrogen) atoms. The maximum Gasteiger partial charge on any atom is 0.0294 e. The molecule has 0 amide bonds. The van der Waals surface area contributed by atoms with Gasteiger partial charge in [-0.3, -0.25) is 0 Å². The first-order valence-corrected chi connectivity index (χ1v) is 7.93. The number of nitrogens with one attached hydrogen (secondary N) is 1. The Balaban J connectivity index is 2.04. The van der Waals surface area contributed by atoms with Crippen LogP contribution in [0.15, 0.2) is 54.6 Å². The van der Waals surface area contributed by atoms with Crippen LogP contribution in [-0.2, 0) is 0 Å². The second-order valence-corrected chi connectivity index (χ2v) is 6.25. The quantitative estimate of drug-likeness (QED) is 0.778. The molecule has 0 saturated heterocycles. The molecule has 1 nitrogen and oxygen atoms in total. The summed E-state index contributed by atoms with van der Waals surface area (Å²) in [7, 11) is 0. The first-order valence-electron chi connectivity index (χ1n) is 7.93. The first kappa shape index (κ1) is 15.8. The minimum absolute atomic E-state index is 0.385. The zero-order valence-corrected chi connectivity index (χ0v) is 13.6. The van der Waals surface area contributed by atoms with Gasteiger partial charge in [0.25, 0.3) is 0 Å². The lowest BCUT2D eigenvalue weighted by Gasteiger charge is -2.25. The zero-order valence-electron chi connectivity index (χ0n) is 13.6. The summed E-state index contributed by atoms with van der Waals surface area (Å²) < 4.78 is 0. The molecule has 112 valence electrons. The second kappa shape index (κ2) is 7.42. The van der Waals surface area contributed by atoms with E-state index in [1.165, 1.54) is 16.7 Å². The lowest BCUT2D eigenvalue weighted by atomic mass is 9.88. The van der Waals surface area contributed by atoms with Crippen molar-refractivity contribution in [1.82, 2.24) is 5.32 Å². The van der Waals surface area contributed by atoms with Gasteiger partial charge in [0.05, 0.1) is 0 Å². The molecule has 2 aromatic rings. The highest BCUT2D eigenvalue weighted by molar-refractivity contribution is 5.28. The largest absolute Gasteiger partial charge is 0.310 e. The van der Waals surface area contributed by atoms with Crippen molar-refractivity contribution in [3.8, 4) is 0 Å². The van der Waals surface area contributed by atoms with Gasteiger partial charge in [-0.1, -0.05) is 68.4 Å². The fourth-order valence-electron chi connectivity index (χ4n) is 2.93. The van der Waals surface area contributed by atoms with Crippen LogP contribution < -0.4 is 5.32 Å². The lowest BCUT2D eigenvalue weighted by Crippen LogP contribution is -2.27. The van der Waals surface area contributed by atoms with Crippen LogP contribution in [0, 0.1) is 12.8 Å². The summed E-state index contributed by atoms with van der Waals surface area (Å²) in [4.78, 5) is 0. The average molecular weight is 281 g/mol. The van der Waals surface area contributed by atoms with Crippen molar-refractivity contribution >= 4 is 0 Å². The monoisotopic (exact) mass is 281 g/mol. The van der Waals surface area contributed by atoms with Crippen LogP contribution >= 0.6 is 0 Å². The van der Waals surface area contributed by atoms with Crippen LogP contribution in [0.25, 0.3) is 0 Å². The molecule has 0 fully saturated rings. The van der Waals surface area contributed by atoms with Gasteiger partial charge in [0.1, 0.15) is 0 Å². The molecular weight excluding hydrogens is 254 g/mol. The first-order chi connectivity index (χ1) is 10.1. The smallest absolute Gasteiger partial charge is 0.0294 e. The summed E-state index contributed by atoms with van der Waals surface area (Å²) in [6, 6.07) is 19.9. The standard InChI is InChI=1S/C20H27N/c1-15(2)20(18-11-6-5-7-12-18)14-21-17(4)19-13-9-8-10-16(19)3/h5-13,15,17,20-21H,14H2,1-4H3/t17-,20?/m0/s1. The van der Waals surface area contributed by atoms with Gasteiger partial charge in [-0.2, -0.15) is 0 Å². The predicted molar refractivity (Wildman–Crippen MR) is 91.6 cm³/mol. The number of hydrogen-bond donors (Lipinski definition) is 1. The highest BCUT2D eigenvalue weighted by atomic mass is 14.9. The van der Waals surface area contributed by atoms with E-state index in [4.69, 9.17) is 0 Å². The molecule has 1 unspecified atom stereocenters. The number of aryl methyl sites for hydroxylation is 1. The Morgan fingerprint density at radius 2 is 1.48 bits per heavy atom. The molecule has 2 rings (SSSR count). The summed E-state index contributed by atoms with van der Waals surface area (Å²) >= 11 is 0. The maximum absolute atomic E-state index is 3.72. The van der Waals surface area contributed by atoms with Crippen molar-refractivity contribution in [1.29, 1.82) is 0 Å². The molecule has 1 heteroatoms. The third-order valence-electron chi connectivity index (χ3n) is 4.33. The predicted octanol–water partition coefficient (Wildman–Crippen LogP) is 5.09. The van der Waals surface area contributed by atoms with Gasteiger partial charge in [-0.05, 0) is 42.4 Å². The molecule has 0 heterocycles. The van der Waals surface area contributed by atoms with Gasteiger partial charge in [0.15, 0.2) is 0 Å². The van der Waals surface area contributed by atoms with Crippen molar-refractivity contribution < 1.29 is 0 Å². The fourth-order valence-corrected chi connectivity index (χ4v) is 2.93. The summed E-state index contributed by atoms with van der Waals surface area (Å²) in [5, 5.41) is 3.72. The third kappa shape index (κ3) is 4.18. The lowest BCUT2D eigenvalue weighted by molar-refractivity contribution is 0.436. The Kier molecular flexibility index (Phi) is 5.58. The Labute approximate surface area is 129 Å². The van der Waals surface area contributed by atoms with Crippen molar-refractivity contribution in [3.63, 3.8) is 0 Å². The van der Waals surface area contributed by atoms with Gasteiger partial charge >= 0.3 is 0 Å². The average Bonchev–Trinajstić information content (AvgIpc) is 2.48. The molecular formula is C20H27N. The van der Waals surface area contributed by atoms with Gasteiger partial charge in [-0.15, -0.1) is 0 Å². The van der Waals surface area contributed by atoms with Crippen molar-refractivity contribution in [2.45, 2.75) is 39.7 Å². The van der Waals surface area contributed by atoms with E-state index >= 15 is 0 Å². The van der Waals surface area contributed by atoms with Crippen LogP contribution in [-0.4, -0.2) is 6.54 Å². The molecule has 2 atom stereocenters. The topological polar surface area (TPSA) is 12.0 Å². The summed E-state index contributed by atoms with van der Waals surface area (Å²) in [5.74, 6) is 1.18. The molecule has 0 bridgehead atoms. The van der Waals surface area contributed by atoms with Crippen LogP contribution in [0.1, 0.15) is 49.4 Å². The van der Waals surface area contributed by atoms with Gasteiger partial charge in [0, 0.05) is 12.6 Å². The van der Waals surface area contributed by atoms with E-state index in [1.807, 2.05) is 0 Å². The Morgan fingerprint density at radius 1 is 0.857 bits per heavy atom. The van der Waals surface area contributed by atoms with Crippen molar-refractivity contribution in [2.75, 3.05) is 6.54 Å². The van der Waals surface area contributed by atoms with Gasteiger partial charge < -0.3 is 5.32 Å². The Hall–Kier alpha value is -1.60. The molecule has 0 aliphatic carbocycles. The summed E-state index contributed by atoms with van der Waals surface area (Å²) in [6.07, 6.45) is 0. The van der Waals surface area contributed by atoms with Gasteiger partial charge in [0.2, 0.25) is 0 Å². The normalized spacial score (nSPS) is 14.1. The van der Waals surface area contributed by atoms with Crippen LogP contribution in [0.5, 0.6) is 0 Å². The zero-order chi connectivity index (χ0) is 15.2. The van der Waals surface area contributed by atoms with E-state index in [0.29, 0.717) is 17.9 Å². The van der Waals surface area contributed by atoms with E-state index in [2.05, 4.69) is 87.6 Å². The number of hydrogen-bond acceptors (Lipinski definition) is 1. The van der Waals surface area contributed by atoms with E-state index in [1.54, 1.807) is 0 Å². The molecule has 0 radical (unpaired) electrons. The van der Waals surface area contributed by atoms with E-state index in [0.717, 1.165) is 6.54 Å². The van der Waals surface area contributed by atoms with Gasteiger partial charge in [-0.25, -0.2) is 0 Å². The maximum atomic E-state index is 3.72. The molecule has 1 N–H and O–H groups in total. The molecule has 2 aromatic carbocycles. The van der Waals surface area contributed by atoms with Crippen molar-refractivity contribution in [2.24, 2.45) is 5.92 Å². The molecule has 0 aliphatic heterocycles. The molecule has 0 aliphatic rings. The van der Waals surface area contributed by atoms with Crippen LogP contribution in [0.2, 0.25) is 0 Å². The van der Waals surface area contributed by atoms with E-state index in [-0.39, 0.29) is 0 Å². The van der Waals surface area contributed by atoms with Crippen LogP contribution in [0.3, 0.4) is 0 Å². The summed E-state index contributed by atoms with van der Waals surface area (Å²) in [5.41, 5.74) is 4.18. The van der Waals surface area contributed by atoms with E-state index < -0.39 is 0 Å². The highest BCUT2D eigenvalue weighted by Gasteiger charge is 2.17. The highest BCUT2D eigenvalue weighted by Crippen LogP contribution is 2.25. The minimum Gasteiger partial charge on any atom is -0.310 e. The Bertz CT molecular complexity index is 545. The molecule has 0 saturated carbocycles. The summed E-state index contributed by atoms with van der Waals surface area (Å²) in [6.45, 7) is 10.1. The number of benzene rings is 2. The van der Waals surface area contributed by atoms with Crippen LogP contribution in [0.4, 0.5) is 0 Å². The van der Waals surface area contributed by atoms with E-state index in [9.17, 15) is 0 Å². The minimum atomic E-state index is 0.385. The molecule has 0 spiro atoms. The third-order valence-corrected chi connectivity index (χ3v) is 4.33. The second-order valence-electron chi connectivity index (χ2n) is 6.25.